The molecule has 1 amide bonds. The second-order valence-corrected chi connectivity index (χ2v) is 5.00. The fourth-order valence-electron chi connectivity index (χ4n) is 2.05. The Morgan fingerprint density at radius 3 is 2.64 bits per heavy atom. The first-order valence-electron chi connectivity index (χ1n) is 7.28. The maximum absolute atomic E-state index is 11.9. The topological polar surface area (TPSA) is 78.7 Å². The highest BCUT2D eigenvalue weighted by molar-refractivity contribution is 5.91. The van der Waals surface area contributed by atoms with Crippen LogP contribution in [0, 0.1) is 11.3 Å². The molecule has 1 N–H and O–H groups in total. The molecule has 0 bridgehead atoms. The van der Waals surface area contributed by atoms with Gasteiger partial charge < -0.3 is 5.32 Å². The van der Waals surface area contributed by atoms with Crippen LogP contribution in [0.25, 0.3) is 0 Å². The molecule has 2 rings (SSSR count). The summed E-state index contributed by atoms with van der Waals surface area (Å²) < 4.78 is 0. The Hall–Kier alpha value is -2.74. The first kappa shape index (κ1) is 15.6. The number of carbonyl (C=O) groups excluding carboxylic acids is 1. The number of unbranched alkanes of at least 4 members (excludes halogenated alkanes) is 2. The van der Waals surface area contributed by atoms with Crippen LogP contribution in [0.2, 0.25) is 0 Å². The van der Waals surface area contributed by atoms with Crippen LogP contribution >= 0.6 is 0 Å². The Labute approximate surface area is 130 Å². The molecule has 0 aliphatic rings. The molecule has 0 saturated carbocycles. The summed E-state index contributed by atoms with van der Waals surface area (Å²) in [5.74, 6) is 0.459. The van der Waals surface area contributed by atoms with E-state index in [9.17, 15) is 4.79 Å². The van der Waals surface area contributed by atoms with Gasteiger partial charge in [-0.3, -0.25) is 9.78 Å². The molecule has 0 aromatic carbocycles. The molecular formula is C17H18N4O. The lowest BCUT2D eigenvalue weighted by molar-refractivity contribution is -0.115. The molecule has 0 aliphatic carbocycles. The van der Waals surface area contributed by atoms with Crippen molar-refractivity contribution in [1.82, 2.24) is 9.97 Å². The van der Waals surface area contributed by atoms with Crippen LogP contribution < -0.4 is 5.32 Å². The van der Waals surface area contributed by atoms with E-state index < -0.39 is 0 Å². The summed E-state index contributed by atoms with van der Waals surface area (Å²) in [5.41, 5.74) is 2.03. The second-order valence-electron chi connectivity index (χ2n) is 5.00. The normalized spacial score (nSPS) is 9.95. The van der Waals surface area contributed by atoms with Gasteiger partial charge in [0.15, 0.2) is 0 Å². The van der Waals surface area contributed by atoms with E-state index in [1.807, 2.05) is 24.3 Å². The number of nitriles is 1. The number of anilines is 1. The van der Waals surface area contributed by atoms with Crippen molar-refractivity contribution in [3.63, 3.8) is 0 Å². The van der Waals surface area contributed by atoms with E-state index in [0.29, 0.717) is 18.7 Å². The van der Waals surface area contributed by atoms with Gasteiger partial charge in [-0.15, -0.1) is 0 Å². The molecule has 0 saturated heterocycles. The molecule has 0 spiro atoms. The summed E-state index contributed by atoms with van der Waals surface area (Å²) in [6, 6.07) is 9.54. The Bertz CT molecular complexity index is 632. The number of rotatable bonds is 7. The SMILES string of the molecule is N#CCCCCc1ccc(NC(=O)Cc2ccncc2)nc1. The lowest BCUT2D eigenvalue weighted by atomic mass is 10.1. The minimum atomic E-state index is -0.0968. The molecule has 5 heteroatoms. The number of nitrogens with zero attached hydrogens (tertiary/aromatic N) is 3. The van der Waals surface area contributed by atoms with Gasteiger partial charge in [0.05, 0.1) is 12.5 Å². The minimum Gasteiger partial charge on any atom is -0.310 e. The molecule has 0 atom stereocenters. The molecule has 0 radical (unpaired) electrons. The number of carbonyl (C=O) groups is 1. The second kappa shape index (κ2) is 8.53. The lowest BCUT2D eigenvalue weighted by Gasteiger charge is -2.05. The quantitative estimate of drug-likeness (QED) is 0.796. The van der Waals surface area contributed by atoms with Crippen molar-refractivity contribution < 1.29 is 4.79 Å². The Morgan fingerprint density at radius 2 is 1.95 bits per heavy atom. The van der Waals surface area contributed by atoms with Crippen molar-refractivity contribution >= 4 is 11.7 Å². The average Bonchev–Trinajstić information content (AvgIpc) is 2.54. The first-order chi connectivity index (χ1) is 10.8. The third kappa shape index (κ3) is 5.33. The molecule has 2 aromatic heterocycles. The summed E-state index contributed by atoms with van der Waals surface area (Å²) in [7, 11) is 0. The molecule has 0 unspecified atom stereocenters. The maximum Gasteiger partial charge on any atom is 0.229 e. The average molecular weight is 294 g/mol. The van der Waals surface area contributed by atoms with Crippen LogP contribution in [-0.2, 0) is 17.6 Å². The summed E-state index contributed by atoms with van der Waals surface area (Å²) >= 11 is 0. The monoisotopic (exact) mass is 294 g/mol. The number of pyridine rings is 2. The Kier molecular flexibility index (Phi) is 6.06. The summed E-state index contributed by atoms with van der Waals surface area (Å²) in [5, 5.41) is 11.3. The zero-order chi connectivity index (χ0) is 15.6. The Morgan fingerprint density at radius 1 is 1.14 bits per heavy atom. The van der Waals surface area contributed by atoms with Gasteiger partial charge in [0.2, 0.25) is 5.91 Å². The highest BCUT2D eigenvalue weighted by Crippen LogP contribution is 2.09. The predicted octanol–water partition coefficient (Wildman–Crippen LogP) is 2.89. The number of aromatic nitrogens is 2. The molecule has 112 valence electrons. The van der Waals surface area contributed by atoms with Crippen LogP contribution in [-0.4, -0.2) is 15.9 Å². The van der Waals surface area contributed by atoms with Crippen LogP contribution in [0.1, 0.15) is 30.4 Å². The number of aryl methyl sites for hydroxylation is 1. The highest BCUT2D eigenvalue weighted by atomic mass is 16.1. The zero-order valence-electron chi connectivity index (χ0n) is 12.3. The Balaban J connectivity index is 1.81. The maximum atomic E-state index is 11.9. The van der Waals surface area contributed by atoms with Gasteiger partial charge in [-0.05, 0) is 48.6 Å². The minimum absolute atomic E-state index is 0.0968. The molecule has 22 heavy (non-hydrogen) atoms. The van der Waals surface area contributed by atoms with Crippen molar-refractivity contribution in [1.29, 1.82) is 5.26 Å². The third-order valence-corrected chi connectivity index (χ3v) is 3.21. The number of amides is 1. The summed E-state index contributed by atoms with van der Waals surface area (Å²) in [6.45, 7) is 0. The van der Waals surface area contributed by atoms with Gasteiger partial charge in [-0.1, -0.05) is 6.07 Å². The molecule has 0 aliphatic heterocycles. The van der Waals surface area contributed by atoms with Crippen molar-refractivity contribution in [2.75, 3.05) is 5.32 Å². The van der Waals surface area contributed by atoms with E-state index in [-0.39, 0.29) is 5.91 Å². The predicted molar refractivity (Wildman–Crippen MR) is 84.0 cm³/mol. The summed E-state index contributed by atoms with van der Waals surface area (Å²) in [4.78, 5) is 20.1. The highest BCUT2D eigenvalue weighted by Gasteiger charge is 2.05. The fourth-order valence-corrected chi connectivity index (χ4v) is 2.05. The van der Waals surface area contributed by atoms with Crippen molar-refractivity contribution in [3.05, 3.63) is 54.0 Å². The van der Waals surface area contributed by atoms with E-state index >= 15 is 0 Å². The lowest BCUT2D eigenvalue weighted by Crippen LogP contribution is -2.15. The number of nitrogens with one attached hydrogen (secondary N) is 1. The third-order valence-electron chi connectivity index (χ3n) is 3.21. The van der Waals surface area contributed by atoms with Gasteiger partial charge in [-0.2, -0.15) is 5.26 Å². The number of hydrogen-bond donors (Lipinski definition) is 1. The van der Waals surface area contributed by atoms with E-state index in [2.05, 4.69) is 21.4 Å². The van der Waals surface area contributed by atoms with Crippen molar-refractivity contribution in [3.8, 4) is 6.07 Å². The van der Waals surface area contributed by atoms with Gasteiger partial charge in [-0.25, -0.2) is 4.98 Å². The van der Waals surface area contributed by atoms with Crippen LogP contribution in [0.15, 0.2) is 42.9 Å². The van der Waals surface area contributed by atoms with Crippen molar-refractivity contribution in [2.24, 2.45) is 0 Å². The molecule has 2 aromatic rings. The van der Waals surface area contributed by atoms with Crippen LogP contribution in [0.3, 0.4) is 0 Å². The van der Waals surface area contributed by atoms with E-state index in [1.165, 1.54) is 0 Å². The fraction of sp³-hybridized carbons (Fsp3) is 0.294. The van der Waals surface area contributed by atoms with Gasteiger partial charge >= 0.3 is 0 Å². The standard InChI is InChI=1S/C17H18N4O/c18-9-3-1-2-4-15-5-6-16(20-13-15)21-17(22)12-14-7-10-19-11-8-14/h5-8,10-11,13H,1-4,12H2,(H,20,21,22). The van der Waals surface area contributed by atoms with Crippen LogP contribution in [0.5, 0.6) is 0 Å². The van der Waals surface area contributed by atoms with Gasteiger partial charge in [0.1, 0.15) is 5.82 Å². The smallest absolute Gasteiger partial charge is 0.229 e. The molecule has 2 heterocycles. The molecule has 5 nitrogen and oxygen atoms in total. The van der Waals surface area contributed by atoms with E-state index in [4.69, 9.17) is 5.26 Å². The number of hydrogen-bond acceptors (Lipinski definition) is 4. The molecular weight excluding hydrogens is 276 g/mol. The van der Waals surface area contributed by atoms with Crippen molar-refractivity contribution in [2.45, 2.75) is 32.1 Å². The summed E-state index contributed by atoms with van der Waals surface area (Å²) in [6.07, 6.45) is 8.79. The van der Waals surface area contributed by atoms with Crippen LogP contribution in [0.4, 0.5) is 5.82 Å². The van der Waals surface area contributed by atoms with Gasteiger partial charge in [0, 0.05) is 25.0 Å². The zero-order valence-corrected chi connectivity index (χ0v) is 12.3. The van der Waals surface area contributed by atoms with E-state index in [0.717, 1.165) is 30.4 Å². The largest absolute Gasteiger partial charge is 0.310 e. The van der Waals surface area contributed by atoms with E-state index in [1.54, 1.807) is 18.6 Å². The first-order valence-corrected chi connectivity index (χ1v) is 7.28. The van der Waals surface area contributed by atoms with Gasteiger partial charge in [0.25, 0.3) is 0 Å². The molecule has 0 fully saturated rings.